The van der Waals surface area contributed by atoms with E-state index in [1.54, 1.807) is 12.6 Å². The van der Waals surface area contributed by atoms with Gasteiger partial charge in [-0.15, -0.1) is 0 Å². The van der Waals surface area contributed by atoms with Crippen LogP contribution in [0, 0.1) is 0 Å². The molecule has 0 saturated heterocycles. The zero-order valence-electron chi connectivity index (χ0n) is 11.1. The molecule has 0 aliphatic carbocycles. The highest BCUT2D eigenvalue weighted by molar-refractivity contribution is 5.83. The van der Waals surface area contributed by atoms with Gasteiger partial charge in [-0.1, -0.05) is 0 Å². The van der Waals surface area contributed by atoms with Crippen LogP contribution in [0.4, 0.5) is 11.8 Å². The summed E-state index contributed by atoms with van der Waals surface area (Å²) in [4.78, 5) is 15.4. The quantitative estimate of drug-likeness (QED) is 0.655. The molecule has 0 aliphatic heterocycles. The zero-order valence-corrected chi connectivity index (χ0v) is 11.1. The van der Waals surface area contributed by atoms with Crippen LogP contribution in [0.25, 0.3) is 11.2 Å². The van der Waals surface area contributed by atoms with Gasteiger partial charge in [-0.2, -0.15) is 9.97 Å². The van der Waals surface area contributed by atoms with Gasteiger partial charge in [0.1, 0.15) is 11.3 Å². The van der Waals surface area contributed by atoms with Crippen molar-refractivity contribution in [2.45, 2.75) is 25.8 Å². The number of hydrogen-bond acceptors (Lipinski definition) is 6. The number of aromatic nitrogens is 4. The third kappa shape index (κ3) is 2.56. The van der Waals surface area contributed by atoms with Crippen molar-refractivity contribution < 1.29 is 4.42 Å². The minimum Gasteiger partial charge on any atom is -0.469 e. The topological polar surface area (TPSA) is 106 Å². The molecule has 20 heavy (non-hydrogen) atoms. The van der Waals surface area contributed by atoms with Crippen molar-refractivity contribution in [1.29, 1.82) is 0 Å². The molecule has 7 nitrogen and oxygen atoms in total. The standard InChI is InChI=1S/C13H16N6O/c1-8(4-5-9-3-2-6-20-9)17-12-10-11(16-7-15-10)18-13(14)19-12/h2-3,6-8H,4-5H2,1H3,(H4,14,15,16,17,18,19). The monoisotopic (exact) mass is 272 g/mol. The van der Waals surface area contributed by atoms with Crippen LogP contribution in [0.3, 0.4) is 0 Å². The molecule has 1 atom stereocenters. The third-order valence-corrected chi connectivity index (χ3v) is 3.09. The summed E-state index contributed by atoms with van der Waals surface area (Å²) in [6, 6.07) is 4.09. The lowest BCUT2D eigenvalue weighted by molar-refractivity contribution is 0.495. The van der Waals surface area contributed by atoms with E-state index >= 15 is 0 Å². The van der Waals surface area contributed by atoms with E-state index in [2.05, 4.69) is 32.2 Å². The molecule has 0 aromatic carbocycles. The van der Waals surface area contributed by atoms with Crippen molar-refractivity contribution in [2.24, 2.45) is 0 Å². The first-order valence-electron chi connectivity index (χ1n) is 6.48. The third-order valence-electron chi connectivity index (χ3n) is 3.09. The second-order valence-corrected chi connectivity index (χ2v) is 4.69. The molecule has 3 rings (SSSR count). The van der Waals surface area contributed by atoms with Gasteiger partial charge >= 0.3 is 0 Å². The number of imidazole rings is 1. The lowest BCUT2D eigenvalue weighted by atomic mass is 10.1. The fraction of sp³-hybridized carbons (Fsp3) is 0.308. The maximum Gasteiger partial charge on any atom is 0.224 e. The fourth-order valence-electron chi connectivity index (χ4n) is 2.07. The van der Waals surface area contributed by atoms with Gasteiger partial charge in [0.2, 0.25) is 5.95 Å². The van der Waals surface area contributed by atoms with E-state index in [0.717, 1.165) is 24.1 Å². The Hall–Kier alpha value is -2.57. The summed E-state index contributed by atoms with van der Waals surface area (Å²) in [5.41, 5.74) is 7.02. The summed E-state index contributed by atoms with van der Waals surface area (Å²) in [6.45, 7) is 2.09. The molecule has 0 fully saturated rings. The number of hydrogen-bond donors (Lipinski definition) is 3. The van der Waals surface area contributed by atoms with Crippen LogP contribution in [0.1, 0.15) is 19.1 Å². The molecule has 0 spiro atoms. The van der Waals surface area contributed by atoms with Gasteiger partial charge in [-0.3, -0.25) is 0 Å². The van der Waals surface area contributed by atoms with E-state index in [1.165, 1.54) is 0 Å². The van der Waals surface area contributed by atoms with Gasteiger partial charge in [0, 0.05) is 12.5 Å². The fourth-order valence-corrected chi connectivity index (χ4v) is 2.07. The molecule has 4 N–H and O–H groups in total. The van der Waals surface area contributed by atoms with Gasteiger partial charge in [-0.25, -0.2) is 4.98 Å². The molecule has 7 heteroatoms. The Bertz CT molecular complexity index is 690. The Morgan fingerprint density at radius 3 is 3.15 bits per heavy atom. The normalized spacial score (nSPS) is 12.7. The Labute approximate surface area is 115 Å². The summed E-state index contributed by atoms with van der Waals surface area (Å²) >= 11 is 0. The largest absolute Gasteiger partial charge is 0.469 e. The molecular weight excluding hydrogens is 256 g/mol. The van der Waals surface area contributed by atoms with Crippen molar-refractivity contribution in [3.8, 4) is 0 Å². The second kappa shape index (κ2) is 5.20. The number of rotatable bonds is 5. The predicted octanol–water partition coefficient (Wildman–Crippen LogP) is 1.96. The predicted molar refractivity (Wildman–Crippen MR) is 76.2 cm³/mol. The van der Waals surface area contributed by atoms with E-state index in [0.29, 0.717) is 11.5 Å². The molecule has 0 saturated carbocycles. The number of nitrogen functional groups attached to an aromatic ring is 1. The number of anilines is 2. The van der Waals surface area contributed by atoms with Crippen molar-refractivity contribution in [3.05, 3.63) is 30.5 Å². The second-order valence-electron chi connectivity index (χ2n) is 4.69. The van der Waals surface area contributed by atoms with Crippen molar-refractivity contribution in [1.82, 2.24) is 19.9 Å². The van der Waals surface area contributed by atoms with Gasteiger partial charge in [0.15, 0.2) is 11.5 Å². The molecule has 3 aromatic heterocycles. The SMILES string of the molecule is CC(CCc1ccco1)Nc1nc(N)nc2nc[nH]c12. The summed E-state index contributed by atoms with van der Waals surface area (Å²) in [5.74, 6) is 1.87. The van der Waals surface area contributed by atoms with Gasteiger partial charge in [0.25, 0.3) is 0 Å². The smallest absolute Gasteiger partial charge is 0.224 e. The Morgan fingerprint density at radius 2 is 2.35 bits per heavy atom. The lowest BCUT2D eigenvalue weighted by Gasteiger charge is -2.14. The van der Waals surface area contributed by atoms with E-state index in [4.69, 9.17) is 10.2 Å². The van der Waals surface area contributed by atoms with Crippen LogP contribution >= 0.6 is 0 Å². The maximum absolute atomic E-state index is 5.68. The number of aryl methyl sites for hydroxylation is 1. The van der Waals surface area contributed by atoms with Gasteiger partial charge < -0.3 is 20.5 Å². The van der Waals surface area contributed by atoms with E-state index < -0.39 is 0 Å². The molecular formula is C13H16N6O. The molecule has 0 aliphatic rings. The Kier molecular flexibility index (Phi) is 3.24. The summed E-state index contributed by atoms with van der Waals surface area (Å²) < 4.78 is 5.32. The first-order chi connectivity index (χ1) is 9.72. The minimum absolute atomic E-state index is 0.213. The van der Waals surface area contributed by atoms with E-state index in [1.807, 2.05) is 12.1 Å². The van der Waals surface area contributed by atoms with Crippen LogP contribution in [0.5, 0.6) is 0 Å². The molecule has 0 bridgehead atoms. The van der Waals surface area contributed by atoms with E-state index in [9.17, 15) is 0 Å². The average Bonchev–Trinajstić information content (AvgIpc) is 3.06. The Balaban J connectivity index is 1.70. The summed E-state index contributed by atoms with van der Waals surface area (Å²) in [6.07, 6.45) is 5.06. The first-order valence-corrected chi connectivity index (χ1v) is 6.48. The number of nitrogens with two attached hydrogens (primary N) is 1. The molecule has 3 aromatic rings. The number of nitrogens with one attached hydrogen (secondary N) is 2. The van der Waals surface area contributed by atoms with Crippen molar-refractivity contribution in [3.63, 3.8) is 0 Å². The molecule has 1 unspecified atom stereocenters. The lowest BCUT2D eigenvalue weighted by Crippen LogP contribution is -2.17. The van der Waals surface area contributed by atoms with Gasteiger partial charge in [0.05, 0.1) is 12.6 Å². The number of aromatic amines is 1. The maximum atomic E-state index is 5.68. The minimum atomic E-state index is 0.213. The van der Waals surface area contributed by atoms with Gasteiger partial charge in [-0.05, 0) is 25.5 Å². The first kappa shape index (κ1) is 12.5. The Morgan fingerprint density at radius 1 is 1.45 bits per heavy atom. The number of H-pyrrole nitrogens is 1. The van der Waals surface area contributed by atoms with E-state index in [-0.39, 0.29) is 12.0 Å². The number of fused-ring (bicyclic) bond motifs is 1. The number of nitrogens with zero attached hydrogens (tertiary/aromatic N) is 3. The highest BCUT2D eigenvalue weighted by Gasteiger charge is 2.11. The summed E-state index contributed by atoms with van der Waals surface area (Å²) in [5, 5.41) is 3.33. The average molecular weight is 272 g/mol. The highest BCUT2D eigenvalue weighted by atomic mass is 16.3. The molecule has 0 amide bonds. The highest BCUT2D eigenvalue weighted by Crippen LogP contribution is 2.19. The van der Waals surface area contributed by atoms with Crippen LogP contribution in [0.15, 0.2) is 29.1 Å². The molecule has 0 radical (unpaired) electrons. The van der Waals surface area contributed by atoms with Crippen LogP contribution in [-0.4, -0.2) is 26.0 Å². The molecule has 104 valence electrons. The van der Waals surface area contributed by atoms with Crippen LogP contribution in [0.2, 0.25) is 0 Å². The summed E-state index contributed by atoms with van der Waals surface area (Å²) in [7, 11) is 0. The van der Waals surface area contributed by atoms with Crippen LogP contribution in [-0.2, 0) is 6.42 Å². The number of furan rings is 1. The van der Waals surface area contributed by atoms with Crippen LogP contribution < -0.4 is 11.1 Å². The van der Waals surface area contributed by atoms with Crippen molar-refractivity contribution in [2.75, 3.05) is 11.1 Å². The zero-order chi connectivity index (χ0) is 13.9. The molecule has 3 heterocycles. The van der Waals surface area contributed by atoms with Crippen molar-refractivity contribution >= 4 is 22.9 Å².